The number of pyridine rings is 1. The van der Waals surface area contributed by atoms with Crippen molar-refractivity contribution in [1.82, 2.24) is 15.6 Å². The van der Waals surface area contributed by atoms with Crippen LogP contribution in [-0.2, 0) is 6.54 Å². The summed E-state index contributed by atoms with van der Waals surface area (Å²) >= 11 is 0. The molecule has 1 aliphatic carbocycles. The van der Waals surface area contributed by atoms with Crippen LogP contribution < -0.4 is 10.6 Å². The summed E-state index contributed by atoms with van der Waals surface area (Å²) in [6.45, 7) is 3.18. The first-order chi connectivity index (χ1) is 13.7. The number of aliphatic imine (C=N–C) groups is 1. The van der Waals surface area contributed by atoms with Gasteiger partial charge in [0.25, 0.3) is 0 Å². The van der Waals surface area contributed by atoms with Gasteiger partial charge in [0.1, 0.15) is 11.6 Å². The van der Waals surface area contributed by atoms with Crippen LogP contribution in [0.1, 0.15) is 30.4 Å². The van der Waals surface area contributed by atoms with Crippen LogP contribution >= 0.6 is 0 Å². The molecule has 0 aliphatic heterocycles. The second-order valence-electron chi connectivity index (χ2n) is 6.91. The van der Waals surface area contributed by atoms with Crippen LogP contribution in [0.3, 0.4) is 0 Å². The number of fused-ring (bicyclic) bond motifs is 1. The van der Waals surface area contributed by atoms with E-state index in [4.69, 9.17) is 0 Å². The lowest BCUT2D eigenvalue weighted by molar-refractivity contribution is 0.553. The van der Waals surface area contributed by atoms with Crippen LogP contribution in [-0.4, -0.2) is 23.5 Å². The number of nitrogens with one attached hydrogen (secondary N) is 2. The van der Waals surface area contributed by atoms with Crippen LogP contribution in [0.15, 0.2) is 59.7 Å². The van der Waals surface area contributed by atoms with Gasteiger partial charge in [-0.05, 0) is 43.2 Å². The number of guanidine groups is 1. The van der Waals surface area contributed by atoms with Crippen molar-refractivity contribution in [2.75, 3.05) is 6.54 Å². The Morgan fingerprint density at radius 2 is 1.89 bits per heavy atom. The highest BCUT2D eigenvalue weighted by molar-refractivity contribution is 5.83. The smallest absolute Gasteiger partial charge is 0.191 e. The van der Waals surface area contributed by atoms with E-state index < -0.39 is 11.6 Å². The summed E-state index contributed by atoms with van der Waals surface area (Å²) in [6.07, 6.45) is 2.46. The van der Waals surface area contributed by atoms with Crippen molar-refractivity contribution in [3.05, 3.63) is 77.5 Å². The van der Waals surface area contributed by atoms with Crippen molar-refractivity contribution in [3.8, 4) is 0 Å². The van der Waals surface area contributed by atoms with Gasteiger partial charge in [-0.25, -0.2) is 13.8 Å². The largest absolute Gasteiger partial charge is 0.357 e. The van der Waals surface area contributed by atoms with E-state index in [0.29, 0.717) is 25.5 Å². The Balaban J connectivity index is 1.49. The van der Waals surface area contributed by atoms with Crippen molar-refractivity contribution in [2.45, 2.75) is 31.8 Å². The topological polar surface area (TPSA) is 49.3 Å². The molecule has 4 rings (SSSR count). The highest BCUT2D eigenvalue weighted by Crippen LogP contribution is 2.43. The van der Waals surface area contributed by atoms with Crippen LogP contribution in [0.5, 0.6) is 0 Å². The fourth-order valence-corrected chi connectivity index (χ4v) is 3.49. The average Bonchev–Trinajstić information content (AvgIpc) is 3.44. The molecule has 1 aliphatic rings. The van der Waals surface area contributed by atoms with E-state index in [2.05, 4.69) is 20.6 Å². The monoisotopic (exact) mass is 380 g/mol. The normalized spacial score (nSPS) is 18.9. The van der Waals surface area contributed by atoms with Gasteiger partial charge in [0, 0.05) is 35.7 Å². The zero-order chi connectivity index (χ0) is 19.5. The molecule has 2 aromatic carbocycles. The van der Waals surface area contributed by atoms with Gasteiger partial charge in [-0.1, -0.05) is 24.3 Å². The maximum atomic E-state index is 14.0. The Morgan fingerprint density at radius 1 is 1.11 bits per heavy atom. The van der Waals surface area contributed by atoms with E-state index in [0.717, 1.165) is 16.5 Å². The SMILES string of the molecule is CCNC(=NCc1ccnc2ccccc12)NC1CC1c1c(F)cccc1F. The standard InChI is InChI=1S/C22H22F2N4/c1-2-25-22(27-13-14-10-11-26-19-9-4-3-6-15(14)19)28-20-12-16(20)21-17(23)7-5-8-18(21)24/h3-11,16,20H,2,12-13H2,1H3,(H2,25,27,28). The molecule has 1 aromatic heterocycles. The van der Waals surface area contributed by atoms with Crippen LogP contribution in [0.2, 0.25) is 0 Å². The highest BCUT2D eigenvalue weighted by atomic mass is 19.1. The van der Waals surface area contributed by atoms with Gasteiger partial charge in [0.15, 0.2) is 5.96 Å². The third kappa shape index (κ3) is 3.81. The van der Waals surface area contributed by atoms with Gasteiger partial charge in [0.05, 0.1) is 12.1 Å². The summed E-state index contributed by atoms with van der Waals surface area (Å²) in [5, 5.41) is 7.58. The molecule has 4 nitrogen and oxygen atoms in total. The molecule has 6 heteroatoms. The molecular weight excluding hydrogens is 358 g/mol. The molecule has 144 valence electrons. The minimum Gasteiger partial charge on any atom is -0.357 e. The van der Waals surface area contributed by atoms with Crippen molar-refractivity contribution >= 4 is 16.9 Å². The number of aromatic nitrogens is 1. The number of halogens is 2. The quantitative estimate of drug-likeness (QED) is 0.517. The van der Waals surface area contributed by atoms with Gasteiger partial charge < -0.3 is 10.6 Å². The molecule has 2 unspecified atom stereocenters. The molecule has 2 atom stereocenters. The van der Waals surface area contributed by atoms with Gasteiger partial charge in [-0.2, -0.15) is 0 Å². The number of para-hydroxylation sites is 1. The Morgan fingerprint density at radius 3 is 2.68 bits per heavy atom. The second kappa shape index (κ2) is 7.92. The minimum atomic E-state index is -0.487. The van der Waals surface area contributed by atoms with Crippen LogP contribution in [0, 0.1) is 11.6 Å². The molecule has 1 fully saturated rings. The fourth-order valence-electron chi connectivity index (χ4n) is 3.49. The molecule has 0 radical (unpaired) electrons. The summed E-state index contributed by atoms with van der Waals surface area (Å²) in [7, 11) is 0. The van der Waals surface area contributed by atoms with E-state index in [1.54, 1.807) is 6.20 Å². The first-order valence-electron chi connectivity index (χ1n) is 9.48. The molecule has 2 N–H and O–H groups in total. The minimum absolute atomic E-state index is 0.0293. The number of hydrogen-bond acceptors (Lipinski definition) is 2. The predicted octanol–water partition coefficient (Wildman–Crippen LogP) is 4.12. The highest BCUT2D eigenvalue weighted by Gasteiger charge is 2.42. The molecule has 1 saturated carbocycles. The predicted molar refractivity (Wildman–Crippen MR) is 107 cm³/mol. The first-order valence-corrected chi connectivity index (χ1v) is 9.48. The van der Waals surface area contributed by atoms with Crippen molar-refractivity contribution in [3.63, 3.8) is 0 Å². The molecule has 0 bridgehead atoms. The summed E-state index contributed by atoms with van der Waals surface area (Å²) < 4.78 is 28.0. The summed E-state index contributed by atoms with van der Waals surface area (Å²) in [4.78, 5) is 9.04. The molecule has 0 saturated heterocycles. The Labute approximate surface area is 162 Å². The summed E-state index contributed by atoms with van der Waals surface area (Å²) in [5.41, 5.74) is 2.18. The third-order valence-corrected chi connectivity index (χ3v) is 4.97. The van der Waals surface area contributed by atoms with E-state index in [9.17, 15) is 8.78 Å². The van der Waals surface area contributed by atoms with E-state index in [-0.39, 0.29) is 17.5 Å². The van der Waals surface area contributed by atoms with Gasteiger partial charge in [0.2, 0.25) is 0 Å². The Bertz CT molecular complexity index is 993. The molecule has 28 heavy (non-hydrogen) atoms. The number of benzene rings is 2. The van der Waals surface area contributed by atoms with Crippen LogP contribution in [0.25, 0.3) is 10.9 Å². The molecule has 0 amide bonds. The van der Waals surface area contributed by atoms with Crippen LogP contribution in [0.4, 0.5) is 8.78 Å². The van der Waals surface area contributed by atoms with Gasteiger partial charge >= 0.3 is 0 Å². The van der Waals surface area contributed by atoms with Crippen molar-refractivity contribution in [1.29, 1.82) is 0 Å². The lowest BCUT2D eigenvalue weighted by atomic mass is 10.1. The zero-order valence-electron chi connectivity index (χ0n) is 15.6. The molecular formula is C22H22F2N4. The average molecular weight is 380 g/mol. The van der Waals surface area contributed by atoms with Gasteiger partial charge in [-0.15, -0.1) is 0 Å². The number of hydrogen-bond donors (Lipinski definition) is 2. The maximum absolute atomic E-state index is 14.0. The second-order valence-corrected chi connectivity index (χ2v) is 6.91. The molecule has 3 aromatic rings. The van der Waals surface area contributed by atoms with E-state index in [1.165, 1.54) is 18.2 Å². The molecule has 0 spiro atoms. The lowest BCUT2D eigenvalue weighted by Crippen LogP contribution is -2.39. The lowest BCUT2D eigenvalue weighted by Gasteiger charge is -2.12. The summed E-state index contributed by atoms with van der Waals surface area (Å²) in [5.74, 6) is -0.501. The van der Waals surface area contributed by atoms with E-state index in [1.807, 2.05) is 37.3 Å². The number of nitrogens with zero attached hydrogens (tertiary/aromatic N) is 2. The first kappa shape index (κ1) is 18.3. The molecule has 1 heterocycles. The van der Waals surface area contributed by atoms with E-state index >= 15 is 0 Å². The Kier molecular flexibility index (Phi) is 5.19. The zero-order valence-corrected chi connectivity index (χ0v) is 15.6. The fraction of sp³-hybridized carbons (Fsp3) is 0.273. The Hall–Kier alpha value is -3.02. The maximum Gasteiger partial charge on any atom is 0.191 e. The van der Waals surface area contributed by atoms with Crippen molar-refractivity contribution in [2.24, 2.45) is 4.99 Å². The van der Waals surface area contributed by atoms with Gasteiger partial charge in [-0.3, -0.25) is 4.98 Å². The third-order valence-electron chi connectivity index (χ3n) is 4.97. The summed E-state index contributed by atoms with van der Waals surface area (Å²) in [6, 6.07) is 13.9. The van der Waals surface area contributed by atoms with Crippen molar-refractivity contribution < 1.29 is 8.78 Å². The number of rotatable bonds is 5.